The van der Waals surface area contributed by atoms with Gasteiger partial charge in [0.15, 0.2) is 0 Å². The van der Waals surface area contributed by atoms with Crippen molar-refractivity contribution in [3.63, 3.8) is 0 Å². The third kappa shape index (κ3) is 2.83. The first kappa shape index (κ1) is 15.3. The van der Waals surface area contributed by atoms with Crippen LogP contribution in [0.3, 0.4) is 0 Å². The van der Waals surface area contributed by atoms with E-state index >= 15 is 0 Å². The van der Waals surface area contributed by atoms with E-state index < -0.39 is 10.0 Å². The molecule has 0 aliphatic carbocycles. The van der Waals surface area contributed by atoms with Crippen LogP contribution in [0.4, 0.5) is 0 Å². The molecule has 0 radical (unpaired) electrons. The van der Waals surface area contributed by atoms with Crippen LogP contribution in [0.5, 0.6) is 5.75 Å². The van der Waals surface area contributed by atoms with Gasteiger partial charge in [-0.2, -0.15) is 4.31 Å². The fourth-order valence-corrected chi connectivity index (χ4v) is 4.65. The van der Waals surface area contributed by atoms with E-state index in [4.69, 9.17) is 4.74 Å². The van der Waals surface area contributed by atoms with Crippen LogP contribution in [0.15, 0.2) is 17.0 Å². The normalized spacial score (nSPS) is 20.9. The molecule has 0 N–H and O–H groups in total. The van der Waals surface area contributed by atoms with Gasteiger partial charge in [-0.1, -0.05) is 6.92 Å². The number of aryl methyl sites for hydroxylation is 2. The van der Waals surface area contributed by atoms with Crippen LogP contribution in [-0.2, 0) is 10.0 Å². The van der Waals surface area contributed by atoms with Crippen molar-refractivity contribution in [3.05, 3.63) is 23.3 Å². The molecule has 0 amide bonds. The maximum atomic E-state index is 12.8. The number of piperidine rings is 1. The molecule has 112 valence electrons. The molecule has 1 aromatic rings. The van der Waals surface area contributed by atoms with Crippen LogP contribution in [0.25, 0.3) is 0 Å². The molecule has 1 fully saturated rings. The SMILES string of the molecule is COc1cc(C)c(S(=O)(=O)N2CCCC(C)C2)cc1C. The van der Waals surface area contributed by atoms with Gasteiger partial charge in [-0.05, 0) is 55.9 Å². The molecule has 0 aromatic heterocycles. The number of methoxy groups -OCH3 is 1. The number of nitrogens with zero attached hydrogens (tertiary/aromatic N) is 1. The van der Waals surface area contributed by atoms with Crippen LogP contribution >= 0.6 is 0 Å². The van der Waals surface area contributed by atoms with Crippen LogP contribution in [0.1, 0.15) is 30.9 Å². The Morgan fingerprint density at radius 2 is 1.95 bits per heavy atom. The maximum absolute atomic E-state index is 12.8. The highest BCUT2D eigenvalue weighted by Crippen LogP contribution is 2.29. The first-order valence-corrected chi connectivity index (χ1v) is 8.45. The molecule has 2 rings (SSSR count). The Morgan fingerprint density at radius 3 is 2.55 bits per heavy atom. The van der Waals surface area contributed by atoms with Gasteiger partial charge in [0, 0.05) is 13.1 Å². The first-order chi connectivity index (χ1) is 9.36. The fourth-order valence-electron chi connectivity index (χ4n) is 2.76. The lowest BCUT2D eigenvalue weighted by Gasteiger charge is -2.30. The smallest absolute Gasteiger partial charge is 0.243 e. The van der Waals surface area contributed by atoms with E-state index in [1.165, 1.54) is 0 Å². The van der Waals surface area contributed by atoms with Gasteiger partial charge >= 0.3 is 0 Å². The molecule has 1 atom stereocenters. The van der Waals surface area contributed by atoms with Gasteiger partial charge in [-0.15, -0.1) is 0 Å². The second-order valence-electron chi connectivity index (χ2n) is 5.70. The predicted molar refractivity (Wildman–Crippen MR) is 79.6 cm³/mol. The van der Waals surface area contributed by atoms with Crippen LogP contribution in [-0.4, -0.2) is 32.9 Å². The van der Waals surface area contributed by atoms with Crippen molar-refractivity contribution in [1.82, 2.24) is 4.31 Å². The second kappa shape index (κ2) is 5.74. The monoisotopic (exact) mass is 297 g/mol. The summed E-state index contributed by atoms with van der Waals surface area (Å²) >= 11 is 0. The summed E-state index contributed by atoms with van der Waals surface area (Å²) in [4.78, 5) is 0.407. The minimum absolute atomic E-state index is 0.407. The average Bonchev–Trinajstić information content (AvgIpc) is 2.40. The summed E-state index contributed by atoms with van der Waals surface area (Å²) in [6, 6.07) is 3.53. The topological polar surface area (TPSA) is 46.6 Å². The summed E-state index contributed by atoms with van der Waals surface area (Å²) in [6.07, 6.45) is 2.04. The van der Waals surface area contributed by atoms with Gasteiger partial charge < -0.3 is 4.74 Å². The van der Waals surface area contributed by atoms with Gasteiger partial charge in [0.05, 0.1) is 12.0 Å². The molecule has 4 nitrogen and oxygen atoms in total. The molecule has 0 saturated carbocycles. The molecule has 1 aliphatic heterocycles. The lowest BCUT2D eigenvalue weighted by atomic mass is 10.0. The zero-order chi connectivity index (χ0) is 14.9. The van der Waals surface area contributed by atoms with Gasteiger partial charge in [-0.3, -0.25) is 0 Å². The molecular formula is C15H23NO3S. The van der Waals surface area contributed by atoms with Gasteiger partial charge in [0.2, 0.25) is 10.0 Å². The molecular weight excluding hydrogens is 274 g/mol. The minimum atomic E-state index is -3.40. The van der Waals surface area contributed by atoms with E-state index in [-0.39, 0.29) is 0 Å². The molecule has 0 spiro atoms. The molecule has 1 aliphatic rings. The van der Waals surface area contributed by atoms with Crippen molar-refractivity contribution >= 4 is 10.0 Å². The average molecular weight is 297 g/mol. The fraction of sp³-hybridized carbons (Fsp3) is 0.600. The van der Waals surface area contributed by atoms with E-state index in [1.807, 2.05) is 13.8 Å². The Bertz CT molecular complexity index is 595. The van der Waals surface area contributed by atoms with Crippen molar-refractivity contribution in [3.8, 4) is 5.75 Å². The predicted octanol–water partition coefficient (Wildman–Crippen LogP) is 2.73. The second-order valence-corrected chi connectivity index (χ2v) is 7.60. The Morgan fingerprint density at radius 1 is 1.25 bits per heavy atom. The molecule has 5 heteroatoms. The molecule has 1 aromatic carbocycles. The number of rotatable bonds is 3. The van der Waals surface area contributed by atoms with E-state index in [2.05, 4.69) is 6.92 Å². The lowest BCUT2D eigenvalue weighted by Crippen LogP contribution is -2.39. The summed E-state index contributed by atoms with van der Waals surface area (Å²) in [7, 11) is -1.80. The Kier molecular flexibility index (Phi) is 4.39. The van der Waals surface area contributed by atoms with E-state index in [1.54, 1.807) is 23.5 Å². The van der Waals surface area contributed by atoms with E-state index in [0.717, 1.165) is 29.7 Å². The summed E-state index contributed by atoms with van der Waals surface area (Å²) in [5, 5.41) is 0. The number of hydrogen-bond donors (Lipinski definition) is 0. The number of ether oxygens (including phenoxy) is 1. The standard InChI is InChI=1S/C15H23NO3S/c1-11-6-5-7-16(10-11)20(17,18)15-9-12(2)14(19-4)8-13(15)3/h8-9,11H,5-7,10H2,1-4H3. The maximum Gasteiger partial charge on any atom is 0.243 e. The largest absolute Gasteiger partial charge is 0.496 e. The number of benzene rings is 1. The minimum Gasteiger partial charge on any atom is -0.496 e. The number of sulfonamides is 1. The van der Waals surface area contributed by atoms with Gasteiger partial charge in [0.25, 0.3) is 0 Å². The first-order valence-electron chi connectivity index (χ1n) is 7.01. The third-order valence-corrected chi connectivity index (χ3v) is 5.94. The molecule has 0 bridgehead atoms. The van der Waals surface area contributed by atoms with Crippen molar-refractivity contribution in [1.29, 1.82) is 0 Å². The summed E-state index contributed by atoms with van der Waals surface area (Å²) in [5.41, 5.74) is 1.59. The summed E-state index contributed by atoms with van der Waals surface area (Å²) < 4.78 is 32.4. The van der Waals surface area contributed by atoms with Gasteiger partial charge in [-0.25, -0.2) is 8.42 Å². The molecule has 1 heterocycles. The highest BCUT2D eigenvalue weighted by molar-refractivity contribution is 7.89. The van der Waals surface area contributed by atoms with Crippen molar-refractivity contribution < 1.29 is 13.2 Å². The zero-order valence-electron chi connectivity index (χ0n) is 12.6. The van der Waals surface area contributed by atoms with Crippen LogP contribution in [0.2, 0.25) is 0 Å². The molecule has 1 unspecified atom stereocenters. The highest BCUT2D eigenvalue weighted by Gasteiger charge is 2.30. The van der Waals surface area contributed by atoms with Crippen molar-refractivity contribution in [2.75, 3.05) is 20.2 Å². The van der Waals surface area contributed by atoms with Crippen LogP contribution in [0, 0.1) is 19.8 Å². The van der Waals surface area contributed by atoms with Crippen molar-refractivity contribution in [2.45, 2.75) is 38.5 Å². The Balaban J connectivity index is 2.41. The van der Waals surface area contributed by atoms with E-state index in [9.17, 15) is 8.42 Å². The quantitative estimate of drug-likeness (QED) is 0.862. The molecule has 1 saturated heterocycles. The Hall–Kier alpha value is -1.07. The zero-order valence-corrected chi connectivity index (χ0v) is 13.5. The lowest BCUT2D eigenvalue weighted by molar-refractivity contribution is 0.281. The van der Waals surface area contributed by atoms with Crippen LogP contribution < -0.4 is 4.74 Å². The molecule has 20 heavy (non-hydrogen) atoms. The number of hydrogen-bond acceptors (Lipinski definition) is 3. The van der Waals surface area contributed by atoms with Crippen molar-refractivity contribution in [2.24, 2.45) is 5.92 Å². The third-order valence-electron chi connectivity index (χ3n) is 3.93. The van der Waals surface area contributed by atoms with E-state index in [0.29, 0.717) is 23.9 Å². The van der Waals surface area contributed by atoms with Gasteiger partial charge in [0.1, 0.15) is 5.75 Å². The highest BCUT2D eigenvalue weighted by atomic mass is 32.2. The Labute approximate surface area is 121 Å². The summed E-state index contributed by atoms with van der Waals surface area (Å²) in [5.74, 6) is 1.16. The summed E-state index contributed by atoms with van der Waals surface area (Å²) in [6.45, 7) is 7.04.